The van der Waals surface area contributed by atoms with Crippen LogP contribution in [0.2, 0.25) is 0 Å². The third-order valence-corrected chi connectivity index (χ3v) is 5.51. The molecule has 3 rings (SSSR count). The molecule has 18 heavy (non-hydrogen) atoms. The maximum Gasteiger partial charge on any atom is 0.0733 e. The fraction of sp³-hybridized carbons (Fsp3) is 1.00. The van der Waals surface area contributed by atoms with Crippen LogP contribution < -0.4 is 5.32 Å². The van der Waals surface area contributed by atoms with Crippen LogP contribution in [0, 0.1) is 11.3 Å². The van der Waals surface area contributed by atoms with Crippen LogP contribution in [-0.4, -0.2) is 24.3 Å². The molecule has 2 heteroatoms. The van der Waals surface area contributed by atoms with E-state index in [2.05, 4.69) is 26.1 Å². The Balaban J connectivity index is 1.46. The third-order valence-electron chi connectivity index (χ3n) is 5.51. The molecule has 0 aromatic rings. The van der Waals surface area contributed by atoms with Crippen molar-refractivity contribution in [3.8, 4) is 0 Å². The molecule has 104 valence electrons. The lowest BCUT2D eigenvalue weighted by Gasteiger charge is -2.38. The van der Waals surface area contributed by atoms with Crippen molar-refractivity contribution in [2.24, 2.45) is 11.3 Å². The second kappa shape index (κ2) is 4.79. The lowest BCUT2D eigenvalue weighted by molar-refractivity contribution is 0.0924. The first-order chi connectivity index (χ1) is 8.52. The maximum atomic E-state index is 5.94. The second-order valence-electron chi connectivity index (χ2n) is 7.80. The van der Waals surface area contributed by atoms with Gasteiger partial charge in [0.1, 0.15) is 0 Å². The number of ether oxygens (including phenoxy) is 1. The van der Waals surface area contributed by atoms with E-state index in [1.54, 1.807) is 0 Å². The predicted molar refractivity (Wildman–Crippen MR) is 74.6 cm³/mol. The van der Waals surface area contributed by atoms with Crippen LogP contribution in [0.25, 0.3) is 0 Å². The Labute approximate surface area is 112 Å². The van der Waals surface area contributed by atoms with E-state index in [9.17, 15) is 0 Å². The van der Waals surface area contributed by atoms with Gasteiger partial charge in [-0.25, -0.2) is 0 Å². The van der Waals surface area contributed by atoms with Crippen LogP contribution in [0.4, 0.5) is 0 Å². The highest BCUT2D eigenvalue weighted by molar-refractivity contribution is 4.96. The Kier molecular flexibility index (Phi) is 3.44. The van der Waals surface area contributed by atoms with Crippen molar-refractivity contribution in [1.29, 1.82) is 0 Å². The van der Waals surface area contributed by atoms with Crippen molar-refractivity contribution >= 4 is 0 Å². The number of hydrogen-bond acceptors (Lipinski definition) is 2. The molecular formula is C16H29NO. The quantitative estimate of drug-likeness (QED) is 0.811. The Morgan fingerprint density at radius 3 is 2.17 bits per heavy atom. The highest BCUT2D eigenvalue weighted by Crippen LogP contribution is 2.39. The van der Waals surface area contributed by atoms with Crippen LogP contribution in [-0.2, 0) is 4.74 Å². The van der Waals surface area contributed by atoms with E-state index in [4.69, 9.17) is 4.74 Å². The number of rotatable bonds is 2. The second-order valence-corrected chi connectivity index (χ2v) is 7.80. The van der Waals surface area contributed by atoms with Crippen LogP contribution in [0.3, 0.4) is 0 Å². The smallest absolute Gasteiger partial charge is 0.0733 e. The highest BCUT2D eigenvalue weighted by Gasteiger charge is 2.41. The van der Waals surface area contributed by atoms with Gasteiger partial charge in [-0.15, -0.1) is 0 Å². The van der Waals surface area contributed by atoms with Gasteiger partial charge in [0.2, 0.25) is 0 Å². The van der Waals surface area contributed by atoms with E-state index < -0.39 is 0 Å². The zero-order valence-electron chi connectivity index (χ0n) is 12.2. The van der Waals surface area contributed by atoms with E-state index in [0.717, 1.165) is 12.0 Å². The predicted octanol–water partition coefficient (Wildman–Crippen LogP) is 3.50. The minimum Gasteiger partial charge on any atom is -0.373 e. The SMILES string of the molecule is CC(C)(C)C1CCC(NC2CC3CCC2O3)CC1. The van der Waals surface area contributed by atoms with Crippen molar-refractivity contribution in [3.05, 3.63) is 0 Å². The van der Waals surface area contributed by atoms with Crippen LogP contribution >= 0.6 is 0 Å². The summed E-state index contributed by atoms with van der Waals surface area (Å²) in [7, 11) is 0. The zero-order valence-corrected chi connectivity index (χ0v) is 12.2. The summed E-state index contributed by atoms with van der Waals surface area (Å²) in [4.78, 5) is 0. The number of fused-ring (bicyclic) bond motifs is 2. The number of hydrogen-bond donors (Lipinski definition) is 1. The average Bonchev–Trinajstić information content (AvgIpc) is 2.90. The molecule has 2 nitrogen and oxygen atoms in total. The lowest BCUT2D eigenvalue weighted by Crippen LogP contribution is -2.46. The molecule has 0 amide bonds. The fourth-order valence-corrected chi connectivity index (χ4v) is 4.24. The summed E-state index contributed by atoms with van der Waals surface area (Å²) in [6.45, 7) is 7.19. The van der Waals surface area contributed by atoms with Gasteiger partial charge in [-0.3, -0.25) is 0 Å². The van der Waals surface area contributed by atoms with Gasteiger partial charge < -0.3 is 10.1 Å². The molecule has 3 unspecified atom stereocenters. The van der Waals surface area contributed by atoms with Crippen LogP contribution in [0.1, 0.15) is 65.7 Å². The monoisotopic (exact) mass is 251 g/mol. The molecule has 3 atom stereocenters. The van der Waals surface area contributed by atoms with Gasteiger partial charge in [0.05, 0.1) is 12.2 Å². The molecule has 3 aliphatic rings. The van der Waals surface area contributed by atoms with Gasteiger partial charge in [0, 0.05) is 12.1 Å². The Bertz CT molecular complexity index is 288. The molecule has 3 fully saturated rings. The first kappa shape index (κ1) is 12.9. The minimum atomic E-state index is 0.501. The Hall–Kier alpha value is -0.0800. The third kappa shape index (κ3) is 2.60. The van der Waals surface area contributed by atoms with Gasteiger partial charge >= 0.3 is 0 Å². The summed E-state index contributed by atoms with van der Waals surface area (Å²) >= 11 is 0. The van der Waals surface area contributed by atoms with Crippen LogP contribution in [0.15, 0.2) is 0 Å². The molecule has 0 radical (unpaired) electrons. The summed E-state index contributed by atoms with van der Waals surface area (Å²) in [5.74, 6) is 0.923. The maximum absolute atomic E-state index is 5.94. The summed E-state index contributed by atoms with van der Waals surface area (Å²) in [6, 6.07) is 1.43. The fourth-order valence-electron chi connectivity index (χ4n) is 4.24. The van der Waals surface area contributed by atoms with Gasteiger partial charge in [-0.2, -0.15) is 0 Å². The summed E-state index contributed by atoms with van der Waals surface area (Å²) in [6.07, 6.45) is 10.5. The van der Waals surface area contributed by atoms with Crippen molar-refractivity contribution in [2.45, 2.75) is 90.0 Å². The molecule has 0 aromatic carbocycles. The van der Waals surface area contributed by atoms with Crippen molar-refractivity contribution in [2.75, 3.05) is 0 Å². The van der Waals surface area contributed by atoms with E-state index in [0.29, 0.717) is 23.7 Å². The van der Waals surface area contributed by atoms with Crippen molar-refractivity contribution < 1.29 is 4.74 Å². The molecule has 0 spiro atoms. The first-order valence-corrected chi connectivity index (χ1v) is 7.94. The molecule has 1 aliphatic carbocycles. The first-order valence-electron chi connectivity index (χ1n) is 7.94. The zero-order chi connectivity index (χ0) is 12.8. The molecule has 2 heterocycles. The summed E-state index contributed by atoms with van der Waals surface area (Å²) in [5.41, 5.74) is 0.501. The standard InChI is InChI=1S/C16H29NO/c1-16(2,3)11-4-6-12(7-5-11)17-14-10-13-8-9-15(14)18-13/h11-15,17H,4-10H2,1-3H3. The molecule has 1 saturated carbocycles. The molecule has 2 bridgehead atoms. The van der Waals surface area contributed by atoms with E-state index in [-0.39, 0.29) is 0 Å². The van der Waals surface area contributed by atoms with Gasteiger partial charge in [0.25, 0.3) is 0 Å². The van der Waals surface area contributed by atoms with Gasteiger partial charge in [-0.05, 0) is 56.3 Å². The molecule has 2 saturated heterocycles. The minimum absolute atomic E-state index is 0.501. The largest absolute Gasteiger partial charge is 0.373 e. The summed E-state index contributed by atoms with van der Waals surface area (Å²) < 4.78 is 5.94. The molecule has 0 aromatic heterocycles. The van der Waals surface area contributed by atoms with Gasteiger partial charge in [0.15, 0.2) is 0 Å². The number of nitrogens with one attached hydrogen (secondary N) is 1. The Morgan fingerprint density at radius 2 is 1.67 bits per heavy atom. The molecular weight excluding hydrogens is 222 g/mol. The normalized spacial score (nSPS) is 44.5. The van der Waals surface area contributed by atoms with Crippen molar-refractivity contribution in [1.82, 2.24) is 5.32 Å². The van der Waals surface area contributed by atoms with Gasteiger partial charge in [-0.1, -0.05) is 20.8 Å². The summed E-state index contributed by atoms with van der Waals surface area (Å²) in [5, 5.41) is 3.90. The van der Waals surface area contributed by atoms with E-state index >= 15 is 0 Å². The molecule has 2 aliphatic heterocycles. The Morgan fingerprint density at radius 1 is 0.944 bits per heavy atom. The lowest BCUT2D eigenvalue weighted by atomic mass is 9.71. The van der Waals surface area contributed by atoms with Crippen molar-refractivity contribution in [3.63, 3.8) is 0 Å². The highest BCUT2D eigenvalue weighted by atomic mass is 16.5. The van der Waals surface area contributed by atoms with Crippen LogP contribution in [0.5, 0.6) is 0 Å². The topological polar surface area (TPSA) is 21.3 Å². The molecule has 1 N–H and O–H groups in total. The van der Waals surface area contributed by atoms with E-state index in [1.807, 2.05) is 0 Å². The average molecular weight is 251 g/mol. The van der Waals surface area contributed by atoms with E-state index in [1.165, 1.54) is 44.9 Å².